The van der Waals surface area contributed by atoms with Crippen molar-refractivity contribution in [1.29, 1.82) is 0 Å². The molecular formula is C15H30N2S. The molecule has 1 atom stereocenters. The number of hydrogen-bond donors (Lipinski definition) is 1. The first-order valence-electron chi connectivity index (χ1n) is 7.74. The summed E-state index contributed by atoms with van der Waals surface area (Å²) in [6, 6.07) is 0.843. The molecule has 0 aromatic rings. The minimum atomic E-state index is 0.566. The Bertz CT molecular complexity index is 233. The SMILES string of the molecule is CCNCC1(CN(C)C2CCSC2)CCCCC1. The lowest BCUT2D eigenvalue weighted by atomic mass is 9.73. The first-order valence-corrected chi connectivity index (χ1v) is 8.90. The highest BCUT2D eigenvalue weighted by atomic mass is 32.2. The summed E-state index contributed by atoms with van der Waals surface area (Å²) in [6.07, 6.45) is 8.61. The van der Waals surface area contributed by atoms with Gasteiger partial charge >= 0.3 is 0 Å². The lowest BCUT2D eigenvalue weighted by Crippen LogP contribution is -2.47. The Morgan fingerprint density at radius 1 is 1.28 bits per heavy atom. The molecule has 1 aliphatic heterocycles. The zero-order valence-corrected chi connectivity index (χ0v) is 13.0. The minimum absolute atomic E-state index is 0.566. The molecule has 18 heavy (non-hydrogen) atoms. The second-order valence-electron chi connectivity index (χ2n) is 6.27. The van der Waals surface area contributed by atoms with E-state index in [0.717, 1.165) is 12.6 Å². The first kappa shape index (κ1) is 14.7. The van der Waals surface area contributed by atoms with Gasteiger partial charge in [0, 0.05) is 24.9 Å². The number of rotatable bonds is 6. The molecule has 1 unspecified atom stereocenters. The van der Waals surface area contributed by atoms with Crippen LogP contribution in [0.15, 0.2) is 0 Å². The summed E-state index contributed by atoms with van der Waals surface area (Å²) >= 11 is 2.13. The van der Waals surface area contributed by atoms with Crippen LogP contribution in [0.5, 0.6) is 0 Å². The van der Waals surface area contributed by atoms with Crippen LogP contribution in [-0.2, 0) is 0 Å². The Morgan fingerprint density at radius 2 is 2.06 bits per heavy atom. The van der Waals surface area contributed by atoms with Gasteiger partial charge in [0.05, 0.1) is 0 Å². The van der Waals surface area contributed by atoms with Crippen LogP contribution in [0.1, 0.15) is 45.4 Å². The van der Waals surface area contributed by atoms with Crippen LogP contribution in [-0.4, -0.2) is 49.1 Å². The quantitative estimate of drug-likeness (QED) is 0.799. The minimum Gasteiger partial charge on any atom is -0.316 e. The molecule has 0 aromatic carbocycles. The largest absolute Gasteiger partial charge is 0.316 e. The summed E-state index contributed by atoms with van der Waals surface area (Å²) in [5.41, 5.74) is 0.566. The number of hydrogen-bond acceptors (Lipinski definition) is 3. The molecule has 2 fully saturated rings. The summed E-state index contributed by atoms with van der Waals surface area (Å²) < 4.78 is 0. The molecule has 0 radical (unpaired) electrons. The molecule has 1 N–H and O–H groups in total. The Kier molecular flexibility index (Phi) is 5.84. The van der Waals surface area contributed by atoms with E-state index < -0.39 is 0 Å². The van der Waals surface area contributed by atoms with E-state index in [2.05, 4.69) is 35.9 Å². The van der Waals surface area contributed by atoms with Gasteiger partial charge in [0.15, 0.2) is 0 Å². The fourth-order valence-corrected chi connectivity index (χ4v) is 4.91. The maximum Gasteiger partial charge on any atom is 0.0191 e. The van der Waals surface area contributed by atoms with Crippen molar-refractivity contribution >= 4 is 11.8 Å². The molecule has 0 bridgehead atoms. The van der Waals surface area contributed by atoms with E-state index in [4.69, 9.17) is 0 Å². The molecule has 2 aliphatic rings. The lowest BCUT2D eigenvalue weighted by molar-refractivity contribution is 0.0992. The summed E-state index contributed by atoms with van der Waals surface area (Å²) in [4.78, 5) is 2.67. The number of nitrogens with one attached hydrogen (secondary N) is 1. The highest BCUT2D eigenvalue weighted by Crippen LogP contribution is 2.37. The third-order valence-corrected chi connectivity index (χ3v) is 5.92. The molecule has 2 rings (SSSR count). The summed E-state index contributed by atoms with van der Waals surface area (Å²) in [5, 5.41) is 3.62. The van der Waals surface area contributed by atoms with Crippen LogP contribution in [0.4, 0.5) is 0 Å². The normalized spacial score (nSPS) is 27.8. The van der Waals surface area contributed by atoms with Crippen LogP contribution in [0.2, 0.25) is 0 Å². The average Bonchev–Trinajstić information content (AvgIpc) is 2.91. The molecule has 0 amide bonds. The van der Waals surface area contributed by atoms with Gasteiger partial charge in [0.2, 0.25) is 0 Å². The smallest absolute Gasteiger partial charge is 0.0191 e. The van der Waals surface area contributed by atoms with E-state index >= 15 is 0 Å². The molecule has 1 heterocycles. The molecule has 1 aliphatic carbocycles. The highest BCUT2D eigenvalue weighted by Gasteiger charge is 2.34. The molecule has 0 spiro atoms. The van der Waals surface area contributed by atoms with Gasteiger partial charge in [-0.2, -0.15) is 11.8 Å². The zero-order chi connectivity index (χ0) is 12.8. The fourth-order valence-electron chi connectivity index (χ4n) is 3.61. The monoisotopic (exact) mass is 270 g/mol. The molecule has 106 valence electrons. The predicted molar refractivity (Wildman–Crippen MR) is 82.4 cm³/mol. The lowest BCUT2D eigenvalue weighted by Gasteiger charge is -2.42. The average molecular weight is 270 g/mol. The molecule has 3 heteroatoms. The van der Waals surface area contributed by atoms with Gasteiger partial charge in [-0.05, 0) is 44.0 Å². The molecule has 0 aromatic heterocycles. The maximum absolute atomic E-state index is 3.62. The standard InChI is InChI=1S/C15H30N2S/c1-3-16-12-15(8-5-4-6-9-15)13-17(2)14-7-10-18-11-14/h14,16H,3-13H2,1-2H3. The second-order valence-corrected chi connectivity index (χ2v) is 7.42. The summed E-state index contributed by atoms with van der Waals surface area (Å²) in [5.74, 6) is 2.73. The van der Waals surface area contributed by atoms with E-state index in [-0.39, 0.29) is 0 Å². The van der Waals surface area contributed by atoms with Gasteiger partial charge in [-0.15, -0.1) is 0 Å². The van der Waals surface area contributed by atoms with Gasteiger partial charge in [0.1, 0.15) is 0 Å². The van der Waals surface area contributed by atoms with Crippen molar-refractivity contribution in [2.75, 3.05) is 38.2 Å². The Balaban J connectivity index is 1.90. The van der Waals surface area contributed by atoms with Gasteiger partial charge < -0.3 is 10.2 Å². The second kappa shape index (κ2) is 7.16. The van der Waals surface area contributed by atoms with E-state index in [1.165, 1.54) is 63.1 Å². The van der Waals surface area contributed by atoms with Gasteiger partial charge in [-0.3, -0.25) is 0 Å². The first-order chi connectivity index (χ1) is 8.76. The Hall–Kier alpha value is 0.270. The van der Waals surface area contributed by atoms with Crippen molar-refractivity contribution in [2.45, 2.75) is 51.5 Å². The van der Waals surface area contributed by atoms with E-state index in [9.17, 15) is 0 Å². The Morgan fingerprint density at radius 3 is 2.67 bits per heavy atom. The summed E-state index contributed by atoms with van der Waals surface area (Å²) in [6.45, 7) is 5.89. The molecule has 1 saturated heterocycles. The van der Waals surface area contributed by atoms with E-state index in [0.29, 0.717) is 5.41 Å². The number of thioether (sulfide) groups is 1. The Labute approximate surface area is 117 Å². The van der Waals surface area contributed by atoms with Crippen molar-refractivity contribution in [2.24, 2.45) is 5.41 Å². The highest BCUT2D eigenvalue weighted by molar-refractivity contribution is 7.99. The third-order valence-electron chi connectivity index (χ3n) is 4.78. The van der Waals surface area contributed by atoms with Gasteiger partial charge in [-0.1, -0.05) is 26.2 Å². The van der Waals surface area contributed by atoms with Crippen molar-refractivity contribution in [1.82, 2.24) is 10.2 Å². The van der Waals surface area contributed by atoms with Crippen molar-refractivity contribution in [3.8, 4) is 0 Å². The van der Waals surface area contributed by atoms with Crippen LogP contribution in [0, 0.1) is 5.41 Å². The number of nitrogens with zero attached hydrogens (tertiary/aromatic N) is 1. The van der Waals surface area contributed by atoms with Crippen LogP contribution in [0.25, 0.3) is 0 Å². The van der Waals surface area contributed by atoms with E-state index in [1.807, 2.05) is 0 Å². The zero-order valence-electron chi connectivity index (χ0n) is 12.2. The fraction of sp³-hybridized carbons (Fsp3) is 1.00. The van der Waals surface area contributed by atoms with Gasteiger partial charge in [-0.25, -0.2) is 0 Å². The van der Waals surface area contributed by atoms with Crippen molar-refractivity contribution in [3.63, 3.8) is 0 Å². The summed E-state index contributed by atoms with van der Waals surface area (Å²) in [7, 11) is 2.36. The van der Waals surface area contributed by atoms with Crippen molar-refractivity contribution < 1.29 is 0 Å². The molecule has 1 saturated carbocycles. The van der Waals surface area contributed by atoms with Crippen LogP contribution >= 0.6 is 11.8 Å². The van der Waals surface area contributed by atoms with Crippen molar-refractivity contribution in [3.05, 3.63) is 0 Å². The van der Waals surface area contributed by atoms with E-state index in [1.54, 1.807) is 0 Å². The van der Waals surface area contributed by atoms with Crippen LogP contribution < -0.4 is 5.32 Å². The van der Waals surface area contributed by atoms with Gasteiger partial charge in [0.25, 0.3) is 0 Å². The predicted octanol–water partition coefficient (Wildman–Crippen LogP) is 2.98. The third kappa shape index (κ3) is 3.88. The van der Waals surface area contributed by atoms with Crippen LogP contribution in [0.3, 0.4) is 0 Å². The maximum atomic E-state index is 3.62. The topological polar surface area (TPSA) is 15.3 Å². The molecule has 2 nitrogen and oxygen atoms in total. The molecular weight excluding hydrogens is 240 g/mol.